The monoisotopic (exact) mass is 331 g/mol. The van der Waals surface area contributed by atoms with Crippen LogP contribution in [0.4, 0.5) is 10.6 Å². The topological polar surface area (TPSA) is 87.8 Å². The van der Waals surface area contributed by atoms with Gasteiger partial charge in [0.2, 0.25) is 0 Å². The van der Waals surface area contributed by atoms with Crippen LogP contribution in [0.5, 0.6) is 5.75 Å². The van der Waals surface area contributed by atoms with Gasteiger partial charge in [0.15, 0.2) is 11.6 Å². The summed E-state index contributed by atoms with van der Waals surface area (Å²) in [4.78, 5) is 18.5. The van der Waals surface area contributed by atoms with Gasteiger partial charge in [-0.1, -0.05) is 0 Å². The van der Waals surface area contributed by atoms with Crippen molar-refractivity contribution in [2.75, 3.05) is 19.0 Å². The Kier molecular flexibility index (Phi) is 5.00. The van der Waals surface area contributed by atoms with Crippen molar-refractivity contribution >= 4 is 11.8 Å². The van der Waals surface area contributed by atoms with Gasteiger partial charge in [0.05, 0.1) is 13.4 Å². The average molecular weight is 331 g/mol. The van der Waals surface area contributed by atoms with Crippen molar-refractivity contribution in [2.45, 2.75) is 31.4 Å². The fraction of sp³-hybridized carbons (Fsp3) is 0.412. The Morgan fingerprint density at radius 1 is 1.54 bits per heavy atom. The third-order valence-electron chi connectivity index (χ3n) is 4.22. The van der Waals surface area contributed by atoms with Crippen LogP contribution < -0.4 is 10.1 Å². The normalized spacial score (nSPS) is 18.4. The first-order valence-corrected chi connectivity index (χ1v) is 7.97. The van der Waals surface area contributed by atoms with Gasteiger partial charge in [0, 0.05) is 25.2 Å². The summed E-state index contributed by atoms with van der Waals surface area (Å²) in [6.07, 6.45) is 4.61. The Morgan fingerprint density at radius 3 is 3.17 bits per heavy atom. The Morgan fingerprint density at radius 2 is 2.42 bits per heavy atom. The first-order chi connectivity index (χ1) is 11.7. The fourth-order valence-electron chi connectivity index (χ4n) is 3.03. The van der Waals surface area contributed by atoms with Crippen LogP contribution in [-0.2, 0) is 0 Å². The highest BCUT2D eigenvalue weighted by atomic mass is 16.5. The van der Waals surface area contributed by atoms with Gasteiger partial charge in [-0.05, 0) is 37.1 Å². The number of nitrogens with zero attached hydrogens (tertiary/aromatic N) is 2. The first kappa shape index (κ1) is 16.3. The van der Waals surface area contributed by atoms with E-state index in [1.165, 1.54) is 13.4 Å². The molecule has 0 radical (unpaired) electrons. The van der Waals surface area contributed by atoms with Gasteiger partial charge in [0.25, 0.3) is 0 Å². The number of pyridine rings is 1. The SMILES string of the molecule is COc1cccnc1NC(=O)N1CCC[C@H]1C[C@@H](O)c1ccco1. The number of methoxy groups -OCH3 is 1. The summed E-state index contributed by atoms with van der Waals surface area (Å²) < 4.78 is 10.4. The zero-order chi connectivity index (χ0) is 16.9. The Labute approximate surface area is 140 Å². The molecule has 0 aromatic carbocycles. The molecule has 0 unspecified atom stereocenters. The van der Waals surface area contributed by atoms with E-state index in [-0.39, 0.29) is 12.1 Å². The molecule has 2 N–H and O–H groups in total. The minimum absolute atomic E-state index is 0.0418. The molecule has 3 rings (SSSR count). The second-order valence-electron chi connectivity index (χ2n) is 5.74. The Hall–Kier alpha value is -2.54. The molecule has 128 valence electrons. The Balaban J connectivity index is 1.65. The van der Waals surface area contributed by atoms with Crippen LogP contribution in [0, 0.1) is 0 Å². The predicted octanol–water partition coefficient (Wildman–Crippen LogP) is 2.80. The lowest BCUT2D eigenvalue weighted by Gasteiger charge is -2.26. The molecular formula is C17H21N3O4. The molecule has 1 fully saturated rings. The van der Waals surface area contributed by atoms with E-state index in [9.17, 15) is 9.90 Å². The summed E-state index contributed by atoms with van der Waals surface area (Å²) in [6.45, 7) is 0.649. The smallest absolute Gasteiger partial charge is 0.323 e. The molecule has 2 aromatic heterocycles. The second-order valence-corrected chi connectivity index (χ2v) is 5.74. The third-order valence-corrected chi connectivity index (χ3v) is 4.22. The van der Waals surface area contributed by atoms with Crippen molar-refractivity contribution < 1.29 is 19.1 Å². The van der Waals surface area contributed by atoms with Crippen LogP contribution in [0.15, 0.2) is 41.1 Å². The number of ether oxygens (including phenoxy) is 1. The highest BCUT2D eigenvalue weighted by molar-refractivity contribution is 5.90. The number of rotatable bonds is 5. The van der Waals surface area contributed by atoms with Gasteiger partial charge in [-0.15, -0.1) is 0 Å². The van der Waals surface area contributed by atoms with Crippen LogP contribution in [0.3, 0.4) is 0 Å². The lowest BCUT2D eigenvalue weighted by Crippen LogP contribution is -2.39. The van der Waals surface area contributed by atoms with Crippen LogP contribution in [-0.4, -0.2) is 40.7 Å². The predicted molar refractivity (Wildman–Crippen MR) is 87.8 cm³/mol. The molecule has 3 heterocycles. The van der Waals surface area contributed by atoms with Gasteiger partial charge in [-0.3, -0.25) is 5.32 Å². The molecule has 2 aromatic rings. The number of anilines is 1. The summed E-state index contributed by atoms with van der Waals surface area (Å²) in [5.74, 6) is 1.42. The quantitative estimate of drug-likeness (QED) is 0.879. The highest BCUT2D eigenvalue weighted by Crippen LogP contribution is 2.29. The minimum Gasteiger partial charge on any atom is -0.493 e. The molecular weight excluding hydrogens is 310 g/mol. The highest BCUT2D eigenvalue weighted by Gasteiger charge is 2.31. The number of amides is 2. The van der Waals surface area contributed by atoms with Gasteiger partial charge in [-0.25, -0.2) is 9.78 Å². The van der Waals surface area contributed by atoms with Crippen LogP contribution in [0.1, 0.15) is 31.1 Å². The third kappa shape index (κ3) is 3.51. The van der Waals surface area contributed by atoms with Crippen molar-refractivity contribution in [1.29, 1.82) is 0 Å². The number of hydrogen-bond acceptors (Lipinski definition) is 5. The number of carbonyl (C=O) groups excluding carboxylic acids is 1. The molecule has 1 saturated heterocycles. The molecule has 24 heavy (non-hydrogen) atoms. The average Bonchev–Trinajstić information content (AvgIpc) is 3.27. The molecule has 0 saturated carbocycles. The lowest BCUT2D eigenvalue weighted by molar-refractivity contribution is 0.110. The maximum atomic E-state index is 12.6. The summed E-state index contributed by atoms with van der Waals surface area (Å²) >= 11 is 0. The molecule has 1 aliphatic heterocycles. The van der Waals surface area contributed by atoms with Crippen LogP contribution in [0.25, 0.3) is 0 Å². The van der Waals surface area contributed by atoms with Crippen LogP contribution >= 0.6 is 0 Å². The van der Waals surface area contributed by atoms with Crippen molar-refractivity contribution in [3.8, 4) is 5.75 Å². The summed E-state index contributed by atoms with van der Waals surface area (Å²) in [6, 6.07) is 6.69. The molecule has 0 bridgehead atoms. The summed E-state index contributed by atoms with van der Waals surface area (Å²) in [7, 11) is 1.53. The maximum Gasteiger partial charge on any atom is 0.323 e. The van der Waals surface area contributed by atoms with E-state index in [2.05, 4.69) is 10.3 Å². The molecule has 1 aliphatic rings. The zero-order valence-electron chi connectivity index (χ0n) is 13.5. The van der Waals surface area contributed by atoms with Gasteiger partial charge in [0.1, 0.15) is 11.9 Å². The van der Waals surface area contributed by atoms with Gasteiger partial charge >= 0.3 is 6.03 Å². The zero-order valence-corrected chi connectivity index (χ0v) is 13.5. The number of aromatic nitrogens is 1. The number of hydrogen-bond donors (Lipinski definition) is 2. The van der Waals surface area contributed by atoms with E-state index < -0.39 is 6.10 Å². The lowest BCUT2D eigenvalue weighted by atomic mass is 10.1. The van der Waals surface area contributed by atoms with E-state index in [1.54, 1.807) is 35.4 Å². The molecule has 0 spiro atoms. The Bertz CT molecular complexity index is 674. The number of aliphatic hydroxyl groups is 1. The number of likely N-dealkylation sites (tertiary alicyclic amines) is 1. The molecule has 2 amide bonds. The fourth-order valence-corrected chi connectivity index (χ4v) is 3.03. The largest absolute Gasteiger partial charge is 0.493 e. The van der Waals surface area contributed by atoms with Crippen LogP contribution in [0.2, 0.25) is 0 Å². The standard InChI is InChI=1S/C17H21N3O4/c1-23-15-6-2-8-18-16(15)19-17(22)20-9-3-5-12(20)11-13(21)14-7-4-10-24-14/h2,4,6-8,10,12-13,21H,3,5,9,11H2,1H3,(H,18,19,22)/t12-,13+/m0/s1. The summed E-state index contributed by atoms with van der Waals surface area (Å²) in [5, 5.41) is 13.0. The number of nitrogens with one attached hydrogen (secondary N) is 1. The molecule has 0 aliphatic carbocycles. The molecule has 2 atom stereocenters. The second kappa shape index (κ2) is 7.35. The van der Waals surface area contributed by atoms with Crippen molar-refractivity contribution in [3.63, 3.8) is 0 Å². The van der Waals surface area contributed by atoms with E-state index in [0.29, 0.717) is 30.3 Å². The first-order valence-electron chi connectivity index (χ1n) is 7.97. The number of carbonyl (C=O) groups is 1. The maximum absolute atomic E-state index is 12.6. The van der Waals surface area contributed by atoms with Crippen molar-refractivity contribution in [2.24, 2.45) is 0 Å². The molecule has 7 nitrogen and oxygen atoms in total. The van der Waals surface area contributed by atoms with Crippen molar-refractivity contribution in [1.82, 2.24) is 9.88 Å². The van der Waals surface area contributed by atoms with Gasteiger partial charge in [-0.2, -0.15) is 0 Å². The number of furan rings is 1. The van der Waals surface area contributed by atoms with E-state index in [0.717, 1.165) is 12.8 Å². The minimum atomic E-state index is -0.720. The summed E-state index contributed by atoms with van der Waals surface area (Å²) in [5.41, 5.74) is 0. The molecule has 7 heteroatoms. The van der Waals surface area contributed by atoms with Crippen molar-refractivity contribution in [3.05, 3.63) is 42.5 Å². The van der Waals surface area contributed by atoms with E-state index in [1.807, 2.05) is 0 Å². The van der Waals surface area contributed by atoms with E-state index >= 15 is 0 Å². The number of aliphatic hydroxyl groups excluding tert-OH is 1. The van der Waals surface area contributed by atoms with E-state index in [4.69, 9.17) is 9.15 Å². The number of urea groups is 1. The van der Waals surface area contributed by atoms with Gasteiger partial charge < -0.3 is 19.2 Å².